The summed E-state index contributed by atoms with van der Waals surface area (Å²) in [4.78, 5) is 22.5. The molecule has 0 unspecified atom stereocenters. The van der Waals surface area contributed by atoms with Gasteiger partial charge in [-0.1, -0.05) is 36.4 Å². The second-order valence-electron chi connectivity index (χ2n) is 8.00. The molecule has 1 saturated heterocycles. The monoisotopic (exact) mass is 498 g/mol. The minimum absolute atomic E-state index is 0. The summed E-state index contributed by atoms with van der Waals surface area (Å²) in [6, 6.07) is 22.0. The lowest BCUT2D eigenvalue weighted by atomic mass is 10.0. The van der Waals surface area contributed by atoms with Gasteiger partial charge in [-0.15, -0.1) is 24.8 Å². The Kier molecular flexibility index (Phi) is 8.07. The van der Waals surface area contributed by atoms with Crippen LogP contribution < -0.4 is 9.64 Å². The highest BCUT2D eigenvalue weighted by Crippen LogP contribution is 2.36. The number of nitrogens with zero attached hydrogens (tertiary/aromatic N) is 4. The van der Waals surface area contributed by atoms with Crippen molar-refractivity contribution in [1.82, 2.24) is 14.5 Å². The molecule has 1 fully saturated rings. The van der Waals surface area contributed by atoms with Crippen LogP contribution in [0.4, 0.5) is 5.82 Å². The smallest absolute Gasteiger partial charge is 0.256 e. The van der Waals surface area contributed by atoms with Gasteiger partial charge >= 0.3 is 0 Å². The maximum Gasteiger partial charge on any atom is 0.256 e. The van der Waals surface area contributed by atoms with E-state index in [4.69, 9.17) is 4.74 Å². The van der Waals surface area contributed by atoms with Crippen LogP contribution in [-0.2, 0) is 7.05 Å². The first-order chi connectivity index (χ1) is 15.7. The summed E-state index contributed by atoms with van der Waals surface area (Å²) < 4.78 is 7.54. The van der Waals surface area contributed by atoms with E-state index in [1.54, 1.807) is 7.11 Å². The number of amides is 1. The summed E-state index contributed by atoms with van der Waals surface area (Å²) in [5.74, 6) is 1.81. The molecule has 1 amide bonds. The van der Waals surface area contributed by atoms with Crippen molar-refractivity contribution in [2.24, 2.45) is 7.05 Å². The number of anilines is 1. The van der Waals surface area contributed by atoms with E-state index in [0.717, 1.165) is 52.4 Å². The molecule has 34 heavy (non-hydrogen) atoms. The van der Waals surface area contributed by atoms with Gasteiger partial charge in [0.15, 0.2) is 0 Å². The van der Waals surface area contributed by atoms with E-state index >= 15 is 0 Å². The number of ether oxygens (including phenoxy) is 1. The number of carbonyl (C=O) groups excluding carboxylic acids is 1. The van der Waals surface area contributed by atoms with Crippen LogP contribution in [0.25, 0.3) is 22.2 Å². The molecule has 0 atom stereocenters. The lowest BCUT2D eigenvalue weighted by Gasteiger charge is -2.35. The summed E-state index contributed by atoms with van der Waals surface area (Å²) in [6.45, 7) is 2.86. The van der Waals surface area contributed by atoms with E-state index in [0.29, 0.717) is 13.1 Å². The number of fused-ring (bicyclic) bond motifs is 1. The third kappa shape index (κ3) is 4.56. The molecule has 0 aliphatic carbocycles. The highest BCUT2D eigenvalue weighted by atomic mass is 35.5. The third-order valence-electron chi connectivity index (χ3n) is 6.21. The first-order valence-corrected chi connectivity index (χ1v) is 10.8. The van der Waals surface area contributed by atoms with E-state index < -0.39 is 0 Å². The molecule has 2 aromatic carbocycles. The Labute approximate surface area is 212 Å². The minimum atomic E-state index is 0. The van der Waals surface area contributed by atoms with Gasteiger partial charge in [0.05, 0.1) is 23.9 Å². The number of carbonyl (C=O) groups is 1. The fraction of sp³-hybridized carbons (Fsp3) is 0.231. The first-order valence-electron chi connectivity index (χ1n) is 10.8. The van der Waals surface area contributed by atoms with Gasteiger partial charge < -0.3 is 19.1 Å². The fourth-order valence-electron chi connectivity index (χ4n) is 4.53. The van der Waals surface area contributed by atoms with Crippen LogP contribution in [0.2, 0.25) is 0 Å². The highest BCUT2D eigenvalue weighted by Gasteiger charge is 2.29. The van der Waals surface area contributed by atoms with Crippen molar-refractivity contribution in [3.8, 4) is 17.0 Å². The Morgan fingerprint density at radius 3 is 2.26 bits per heavy atom. The topological polar surface area (TPSA) is 50.6 Å². The molecule has 1 aliphatic rings. The van der Waals surface area contributed by atoms with Gasteiger partial charge in [-0.3, -0.25) is 4.79 Å². The maximum absolute atomic E-state index is 13.9. The number of piperazine rings is 1. The van der Waals surface area contributed by atoms with E-state index in [1.807, 2.05) is 72.7 Å². The number of hydrogen-bond donors (Lipinski definition) is 0. The zero-order valence-electron chi connectivity index (χ0n) is 19.2. The average molecular weight is 499 g/mol. The molecule has 178 valence electrons. The van der Waals surface area contributed by atoms with Gasteiger partial charge in [0.1, 0.15) is 11.6 Å². The molecule has 0 N–H and O–H groups in total. The number of pyridine rings is 1. The van der Waals surface area contributed by atoms with Crippen LogP contribution in [0.3, 0.4) is 0 Å². The van der Waals surface area contributed by atoms with Gasteiger partial charge in [-0.25, -0.2) is 4.98 Å². The van der Waals surface area contributed by atoms with E-state index in [1.165, 1.54) is 0 Å². The quantitative estimate of drug-likeness (QED) is 0.394. The Balaban J connectivity index is 0.00000162. The molecule has 0 bridgehead atoms. The summed E-state index contributed by atoms with van der Waals surface area (Å²) in [5.41, 5.74) is 3.70. The molecule has 0 spiro atoms. The van der Waals surface area contributed by atoms with Gasteiger partial charge in [0, 0.05) is 50.9 Å². The zero-order chi connectivity index (χ0) is 22.1. The van der Waals surface area contributed by atoms with Crippen molar-refractivity contribution in [3.63, 3.8) is 0 Å². The summed E-state index contributed by atoms with van der Waals surface area (Å²) >= 11 is 0. The van der Waals surface area contributed by atoms with Crippen molar-refractivity contribution in [3.05, 3.63) is 78.5 Å². The van der Waals surface area contributed by atoms with Crippen molar-refractivity contribution in [2.45, 2.75) is 0 Å². The van der Waals surface area contributed by atoms with Crippen LogP contribution in [-0.4, -0.2) is 53.6 Å². The largest absolute Gasteiger partial charge is 0.497 e. The SMILES string of the molecule is COc1ccc2c(C(=O)N3CCN(c4ccccn4)CC3)c(-c3ccccc3)n(C)c2c1.Cl.Cl. The number of rotatable bonds is 4. The molecule has 6 nitrogen and oxygen atoms in total. The summed E-state index contributed by atoms with van der Waals surface area (Å²) in [6.07, 6.45) is 1.81. The molecule has 2 aromatic heterocycles. The van der Waals surface area contributed by atoms with Gasteiger partial charge in [-0.05, 0) is 29.8 Å². The van der Waals surface area contributed by atoms with E-state index in [2.05, 4.69) is 26.6 Å². The van der Waals surface area contributed by atoms with Gasteiger partial charge in [-0.2, -0.15) is 0 Å². The minimum Gasteiger partial charge on any atom is -0.497 e. The number of aryl methyl sites for hydroxylation is 1. The third-order valence-corrected chi connectivity index (χ3v) is 6.21. The van der Waals surface area contributed by atoms with Crippen LogP contribution >= 0.6 is 24.8 Å². The second kappa shape index (κ2) is 10.8. The Bertz CT molecular complexity index is 1250. The molecule has 1 aliphatic heterocycles. The average Bonchev–Trinajstić information content (AvgIpc) is 3.16. The predicted molar refractivity (Wildman–Crippen MR) is 142 cm³/mol. The first kappa shape index (κ1) is 25.4. The number of benzene rings is 2. The maximum atomic E-state index is 13.9. The molecule has 0 saturated carbocycles. The standard InChI is InChI=1S/C26H26N4O2.2ClH/c1-28-22-18-20(32-2)11-12-21(22)24(25(28)19-8-4-3-5-9-19)26(31)30-16-14-29(15-17-30)23-10-6-7-13-27-23;;/h3-13,18H,14-17H2,1-2H3;2*1H. The molecular weight excluding hydrogens is 471 g/mol. The van der Waals surface area contributed by atoms with Crippen LogP contribution in [0.15, 0.2) is 72.9 Å². The predicted octanol–water partition coefficient (Wildman–Crippen LogP) is 5.05. The Hall–Kier alpha value is -3.22. The lowest BCUT2D eigenvalue weighted by Crippen LogP contribution is -2.49. The molecule has 5 rings (SSSR count). The van der Waals surface area contributed by atoms with Crippen molar-refractivity contribution in [2.75, 3.05) is 38.2 Å². The Morgan fingerprint density at radius 1 is 0.912 bits per heavy atom. The van der Waals surface area contributed by atoms with Crippen LogP contribution in [0.5, 0.6) is 5.75 Å². The van der Waals surface area contributed by atoms with E-state index in [9.17, 15) is 4.79 Å². The van der Waals surface area contributed by atoms with Crippen molar-refractivity contribution >= 4 is 47.4 Å². The van der Waals surface area contributed by atoms with Gasteiger partial charge in [0.25, 0.3) is 5.91 Å². The van der Waals surface area contributed by atoms with Crippen molar-refractivity contribution in [1.29, 1.82) is 0 Å². The zero-order valence-corrected chi connectivity index (χ0v) is 20.8. The highest BCUT2D eigenvalue weighted by molar-refractivity contribution is 6.13. The molecule has 8 heteroatoms. The molecule has 3 heterocycles. The number of hydrogen-bond acceptors (Lipinski definition) is 4. The van der Waals surface area contributed by atoms with Crippen LogP contribution in [0, 0.1) is 0 Å². The second-order valence-corrected chi connectivity index (χ2v) is 8.00. The number of halogens is 2. The number of aromatic nitrogens is 2. The summed E-state index contributed by atoms with van der Waals surface area (Å²) in [5, 5.41) is 0.948. The lowest BCUT2D eigenvalue weighted by molar-refractivity contribution is 0.0749. The fourth-order valence-corrected chi connectivity index (χ4v) is 4.53. The molecule has 0 radical (unpaired) electrons. The van der Waals surface area contributed by atoms with Gasteiger partial charge in [0.2, 0.25) is 0 Å². The van der Waals surface area contributed by atoms with Crippen molar-refractivity contribution < 1.29 is 9.53 Å². The molecule has 4 aromatic rings. The summed E-state index contributed by atoms with van der Waals surface area (Å²) in [7, 11) is 3.68. The van der Waals surface area contributed by atoms with Crippen LogP contribution in [0.1, 0.15) is 10.4 Å². The number of methoxy groups -OCH3 is 1. The Morgan fingerprint density at radius 2 is 1.62 bits per heavy atom. The van der Waals surface area contributed by atoms with E-state index in [-0.39, 0.29) is 30.7 Å². The molecular formula is C26H28Cl2N4O2. The normalized spacial score (nSPS) is 13.2.